The number of halogens is 2. The third-order valence-corrected chi connectivity index (χ3v) is 9.73. The predicted octanol–water partition coefficient (Wildman–Crippen LogP) is 6.58. The van der Waals surface area contributed by atoms with E-state index in [0.29, 0.717) is 23.6 Å². The van der Waals surface area contributed by atoms with Crippen LogP contribution in [0.4, 0.5) is 10.5 Å². The molecule has 0 fully saturated rings. The SMILES string of the molecule is COc1ccc(N(C(=O)NC(C)CO[Si](c2ccccc2)c2ccccc2C(C)(C)C)[C@@H](C)c2cnc(Cl)nc2Cl)cc1. The molecule has 4 rings (SSSR count). The Morgan fingerprint density at radius 1 is 0.977 bits per heavy atom. The maximum absolute atomic E-state index is 13.9. The standard InChI is InChI=1S/C33H37Cl2N4O3Si/c1-22(21-42-43(26-12-8-7-9-13-26)29-15-11-10-14-28(29)33(3,4)5)37-32(40)39(24-16-18-25(41-6)19-17-24)23(2)27-20-36-31(35)38-30(27)34/h7-20,22-23H,21H2,1-6H3,(H,37,40)/t22?,23-/m0/s1. The molecule has 43 heavy (non-hydrogen) atoms. The number of rotatable bonds is 10. The summed E-state index contributed by atoms with van der Waals surface area (Å²) in [5.74, 6) is 0.678. The first-order chi connectivity index (χ1) is 20.5. The molecule has 0 saturated carbocycles. The summed E-state index contributed by atoms with van der Waals surface area (Å²) in [7, 11) is -0.0181. The molecule has 7 nitrogen and oxygen atoms in total. The zero-order valence-electron chi connectivity index (χ0n) is 25.3. The van der Waals surface area contributed by atoms with E-state index in [9.17, 15) is 4.79 Å². The minimum absolute atomic E-state index is 0.0382. The third kappa shape index (κ3) is 8.15. The van der Waals surface area contributed by atoms with Crippen molar-refractivity contribution in [2.75, 3.05) is 18.6 Å². The van der Waals surface area contributed by atoms with Crippen molar-refractivity contribution >= 4 is 54.3 Å². The molecule has 0 spiro atoms. The lowest BCUT2D eigenvalue weighted by atomic mass is 9.87. The second-order valence-electron chi connectivity index (χ2n) is 11.3. The Hall–Kier alpha value is -3.43. The Morgan fingerprint density at radius 2 is 1.63 bits per heavy atom. The highest BCUT2D eigenvalue weighted by molar-refractivity contribution is 6.80. The molecule has 0 bridgehead atoms. The van der Waals surface area contributed by atoms with Gasteiger partial charge in [0, 0.05) is 23.5 Å². The Bertz CT molecular complexity index is 1520. The summed E-state index contributed by atoms with van der Waals surface area (Å²) in [5.41, 5.74) is 2.42. The highest BCUT2D eigenvalue weighted by Gasteiger charge is 2.30. The molecule has 10 heteroatoms. The molecule has 1 unspecified atom stereocenters. The van der Waals surface area contributed by atoms with Gasteiger partial charge in [-0.15, -0.1) is 0 Å². The number of urea groups is 1. The van der Waals surface area contributed by atoms with Crippen LogP contribution in [0.25, 0.3) is 0 Å². The second-order valence-corrected chi connectivity index (χ2v) is 14.0. The first-order valence-corrected chi connectivity index (χ1v) is 16.2. The van der Waals surface area contributed by atoms with E-state index in [2.05, 4.69) is 72.5 Å². The summed E-state index contributed by atoms with van der Waals surface area (Å²) in [5, 5.41) is 5.70. The molecule has 1 heterocycles. The molecule has 1 N–H and O–H groups in total. The average molecular weight is 637 g/mol. The van der Waals surface area contributed by atoms with Crippen LogP contribution in [0.3, 0.4) is 0 Å². The lowest BCUT2D eigenvalue weighted by molar-refractivity contribution is 0.231. The minimum Gasteiger partial charge on any atom is -0.497 e. The maximum Gasteiger partial charge on any atom is 0.322 e. The molecule has 0 saturated heterocycles. The molecule has 2 amide bonds. The fourth-order valence-electron chi connectivity index (χ4n) is 4.80. The van der Waals surface area contributed by atoms with E-state index in [1.165, 1.54) is 10.8 Å². The van der Waals surface area contributed by atoms with Gasteiger partial charge < -0.3 is 14.5 Å². The Balaban J connectivity index is 1.58. The smallest absolute Gasteiger partial charge is 0.322 e. The average Bonchev–Trinajstić information content (AvgIpc) is 2.98. The summed E-state index contributed by atoms with van der Waals surface area (Å²) >= 11 is 12.4. The first kappa shape index (κ1) is 32.5. The fourth-order valence-corrected chi connectivity index (χ4v) is 7.76. The quantitative estimate of drug-likeness (QED) is 0.121. The van der Waals surface area contributed by atoms with Crippen molar-refractivity contribution in [3.63, 3.8) is 0 Å². The van der Waals surface area contributed by atoms with E-state index >= 15 is 0 Å². The van der Waals surface area contributed by atoms with Crippen LogP contribution in [0.5, 0.6) is 5.75 Å². The summed E-state index contributed by atoms with van der Waals surface area (Å²) in [6, 6.07) is 24.9. The van der Waals surface area contributed by atoms with Gasteiger partial charge in [-0.1, -0.05) is 87.0 Å². The normalized spacial score (nSPS) is 13.0. The minimum atomic E-state index is -1.61. The van der Waals surface area contributed by atoms with Crippen LogP contribution in [-0.4, -0.2) is 44.8 Å². The summed E-state index contributed by atoms with van der Waals surface area (Å²) in [6.45, 7) is 10.8. The molecule has 4 aromatic rings. The van der Waals surface area contributed by atoms with E-state index in [-0.39, 0.29) is 27.9 Å². The van der Waals surface area contributed by atoms with Crippen LogP contribution in [0.1, 0.15) is 51.8 Å². The van der Waals surface area contributed by atoms with Crippen molar-refractivity contribution in [1.82, 2.24) is 15.3 Å². The van der Waals surface area contributed by atoms with Gasteiger partial charge in [0.2, 0.25) is 5.28 Å². The highest BCUT2D eigenvalue weighted by Crippen LogP contribution is 2.32. The zero-order chi connectivity index (χ0) is 31.1. The molecule has 0 aliphatic heterocycles. The molecule has 0 aliphatic carbocycles. The van der Waals surface area contributed by atoms with Gasteiger partial charge in [-0.05, 0) is 71.1 Å². The molecule has 2 atom stereocenters. The van der Waals surface area contributed by atoms with Crippen molar-refractivity contribution in [3.8, 4) is 5.75 Å². The second kappa shape index (κ2) is 14.4. The topological polar surface area (TPSA) is 76.6 Å². The van der Waals surface area contributed by atoms with Gasteiger partial charge in [-0.3, -0.25) is 4.90 Å². The Labute approximate surface area is 265 Å². The van der Waals surface area contributed by atoms with Crippen LogP contribution < -0.4 is 25.3 Å². The van der Waals surface area contributed by atoms with E-state index in [1.54, 1.807) is 30.3 Å². The van der Waals surface area contributed by atoms with Crippen LogP contribution in [0.15, 0.2) is 85.1 Å². The largest absolute Gasteiger partial charge is 0.497 e. The van der Waals surface area contributed by atoms with Gasteiger partial charge in [-0.2, -0.15) is 0 Å². The number of aromatic nitrogens is 2. The van der Waals surface area contributed by atoms with Crippen LogP contribution in [-0.2, 0) is 9.84 Å². The number of methoxy groups -OCH3 is 1. The number of amides is 2. The Kier molecular flexibility index (Phi) is 10.8. The number of carbonyl (C=O) groups excluding carboxylic acids is 1. The van der Waals surface area contributed by atoms with Crippen molar-refractivity contribution < 1.29 is 14.0 Å². The van der Waals surface area contributed by atoms with E-state index < -0.39 is 15.1 Å². The number of ether oxygens (including phenoxy) is 1. The van der Waals surface area contributed by atoms with Gasteiger partial charge in [0.1, 0.15) is 10.9 Å². The number of benzene rings is 3. The molecule has 1 radical (unpaired) electrons. The van der Waals surface area contributed by atoms with Gasteiger partial charge in [0.15, 0.2) is 0 Å². The number of anilines is 1. The maximum atomic E-state index is 13.9. The lowest BCUT2D eigenvalue weighted by Crippen LogP contribution is -2.51. The monoisotopic (exact) mass is 635 g/mol. The predicted molar refractivity (Wildman–Crippen MR) is 176 cm³/mol. The number of nitrogens with one attached hydrogen (secondary N) is 1. The van der Waals surface area contributed by atoms with Crippen LogP contribution in [0, 0.1) is 0 Å². The molecular weight excluding hydrogens is 599 g/mol. The van der Waals surface area contributed by atoms with Crippen molar-refractivity contribution in [3.05, 3.63) is 107 Å². The van der Waals surface area contributed by atoms with Crippen molar-refractivity contribution in [1.29, 1.82) is 0 Å². The summed E-state index contributed by atoms with van der Waals surface area (Å²) < 4.78 is 12.0. The van der Waals surface area contributed by atoms with Gasteiger partial charge in [0.05, 0.1) is 19.8 Å². The number of carbonyl (C=O) groups is 1. The molecule has 225 valence electrons. The Morgan fingerprint density at radius 3 is 2.26 bits per heavy atom. The number of hydrogen-bond acceptors (Lipinski definition) is 5. The molecule has 1 aromatic heterocycles. The highest BCUT2D eigenvalue weighted by atomic mass is 35.5. The van der Waals surface area contributed by atoms with Gasteiger partial charge in [0.25, 0.3) is 9.04 Å². The zero-order valence-corrected chi connectivity index (χ0v) is 27.8. The van der Waals surface area contributed by atoms with Crippen molar-refractivity contribution in [2.45, 2.75) is 52.1 Å². The number of nitrogens with zero attached hydrogens (tertiary/aromatic N) is 3. The van der Waals surface area contributed by atoms with Crippen LogP contribution in [0.2, 0.25) is 10.4 Å². The van der Waals surface area contributed by atoms with Crippen LogP contribution >= 0.6 is 23.2 Å². The summed E-state index contributed by atoms with van der Waals surface area (Å²) in [4.78, 5) is 23.7. The molecule has 3 aromatic carbocycles. The van der Waals surface area contributed by atoms with E-state index in [0.717, 1.165) is 5.19 Å². The van der Waals surface area contributed by atoms with Gasteiger partial charge in [-0.25, -0.2) is 14.8 Å². The fraction of sp³-hybridized carbons (Fsp3) is 0.303. The van der Waals surface area contributed by atoms with Crippen molar-refractivity contribution in [2.24, 2.45) is 0 Å². The van der Waals surface area contributed by atoms with E-state index in [1.807, 2.05) is 44.2 Å². The van der Waals surface area contributed by atoms with Gasteiger partial charge >= 0.3 is 6.03 Å². The first-order valence-electron chi connectivity index (χ1n) is 14.1. The number of hydrogen-bond donors (Lipinski definition) is 1. The third-order valence-electron chi connectivity index (χ3n) is 7.01. The van der Waals surface area contributed by atoms with E-state index in [4.69, 9.17) is 32.4 Å². The summed E-state index contributed by atoms with van der Waals surface area (Å²) in [6.07, 6.45) is 1.54. The molecular formula is C33H37Cl2N4O3Si. The molecule has 0 aliphatic rings. The lowest BCUT2D eigenvalue weighted by Gasteiger charge is -2.32.